The molecule has 0 saturated heterocycles. The number of hydrogen-bond acceptors (Lipinski definition) is 4. The lowest BCUT2D eigenvalue weighted by Crippen LogP contribution is -2.54. The molecule has 2 rings (SSSR count). The molecule has 1 atom stereocenters. The Kier molecular flexibility index (Phi) is 8.47. The largest absolute Gasteiger partial charge is 0.350 e. The van der Waals surface area contributed by atoms with Gasteiger partial charge in [0.15, 0.2) is 0 Å². The molecule has 2 aromatic rings. The van der Waals surface area contributed by atoms with Crippen molar-refractivity contribution in [1.82, 2.24) is 10.2 Å². The summed E-state index contributed by atoms with van der Waals surface area (Å²) in [4.78, 5) is 27.7. The van der Waals surface area contributed by atoms with E-state index in [0.29, 0.717) is 16.8 Å². The Morgan fingerprint density at radius 1 is 1.03 bits per heavy atom. The van der Waals surface area contributed by atoms with E-state index < -0.39 is 45.8 Å². The highest BCUT2D eigenvalue weighted by Gasteiger charge is 2.32. The molecule has 0 saturated carbocycles. The maximum absolute atomic E-state index is 14.4. The fourth-order valence-electron chi connectivity index (χ4n) is 3.64. The Bertz CT molecular complexity index is 1140. The number of halogens is 1. The third-order valence-electron chi connectivity index (χ3n) is 5.33. The van der Waals surface area contributed by atoms with Crippen LogP contribution in [0.1, 0.15) is 44.4 Å². The number of nitrogens with zero attached hydrogens (tertiary/aromatic N) is 2. The predicted octanol–water partition coefficient (Wildman–Crippen LogP) is 3.54. The molecule has 0 heterocycles. The fraction of sp³-hybridized carbons (Fsp3) is 0.440. The van der Waals surface area contributed by atoms with Crippen LogP contribution in [0, 0.1) is 19.7 Å². The monoisotopic (exact) mass is 491 g/mol. The Morgan fingerprint density at radius 2 is 1.59 bits per heavy atom. The van der Waals surface area contributed by atoms with Gasteiger partial charge in [0.2, 0.25) is 21.8 Å². The molecule has 0 aliphatic carbocycles. The number of amides is 2. The van der Waals surface area contributed by atoms with Crippen molar-refractivity contribution in [2.45, 2.75) is 59.7 Å². The highest BCUT2D eigenvalue weighted by Crippen LogP contribution is 2.27. The summed E-state index contributed by atoms with van der Waals surface area (Å²) in [7, 11) is -3.84. The first kappa shape index (κ1) is 27.3. The lowest BCUT2D eigenvalue weighted by Gasteiger charge is -2.33. The first-order chi connectivity index (χ1) is 15.6. The average molecular weight is 492 g/mol. The molecule has 0 spiro atoms. The summed E-state index contributed by atoms with van der Waals surface area (Å²) in [6.45, 7) is 9.81. The lowest BCUT2D eigenvalue weighted by molar-refractivity contribution is -0.140. The normalized spacial score (nSPS) is 12.7. The molecule has 186 valence electrons. The molecular formula is C25H34FN3O4S. The molecule has 7 nitrogen and oxygen atoms in total. The molecule has 2 amide bonds. The summed E-state index contributed by atoms with van der Waals surface area (Å²) in [6, 6.07) is 10.4. The third kappa shape index (κ3) is 7.03. The van der Waals surface area contributed by atoms with Gasteiger partial charge in [-0.05, 0) is 58.7 Å². The molecule has 9 heteroatoms. The number of para-hydroxylation sites is 1. The quantitative estimate of drug-likeness (QED) is 0.612. The lowest BCUT2D eigenvalue weighted by atomic mass is 10.1. The van der Waals surface area contributed by atoms with Crippen molar-refractivity contribution >= 4 is 27.5 Å². The van der Waals surface area contributed by atoms with Crippen LogP contribution >= 0.6 is 0 Å². The van der Waals surface area contributed by atoms with Crippen molar-refractivity contribution in [2.75, 3.05) is 17.1 Å². The van der Waals surface area contributed by atoms with Gasteiger partial charge in [0.1, 0.15) is 18.4 Å². The Morgan fingerprint density at radius 3 is 2.09 bits per heavy atom. The second-order valence-corrected chi connectivity index (χ2v) is 11.4. The van der Waals surface area contributed by atoms with Crippen LogP contribution in [0.3, 0.4) is 0 Å². The zero-order valence-corrected chi connectivity index (χ0v) is 21.7. The summed E-state index contributed by atoms with van der Waals surface area (Å²) in [5, 5.41) is 2.83. The molecule has 34 heavy (non-hydrogen) atoms. The van der Waals surface area contributed by atoms with E-state index in [9.17, 15) is 22.4 Å². The summed E-state index contributed by atoms with van der Waals surface area (Å²) in [5.41, 5.74) is 1.48. The summed E-state index contributed by atoms with van der Waals surface area (Å²) in [5.74, 6) is -1.55. The third-order valence-corrected chi connectivity index (χ3v) is 6.44. The van der Waals surface area contributed by atoms with Crippen LogP contribution in [0.5, 0.6) is 0 Å². The van der Waals surface area contributed by atoms with Gasteiger partial charge in [0, 0.05) is 17.6 Å². The number of carbonyl (C=O) groups excluding carboxylic acids is 2. The van der Waals surface area contributed by atoms with Gasteiger partial charge in [-0.1, -0.05) is 36.4 Å². The molecule has 0 fully saturated rings. The number of benzene rings is 2. The van der Waals surface area contributed by atoms with E-state index in [1.807, 2.05) is 20.8 Å². The van der Waals surface area contributed by atoms with Gasteiger partial charge in [0.25, 0.3) is 0 Å². The predicted molar refractivity (Wildman–Crippen MR) is 132 cm³/mol. The van der Waals surface area contributed by atoms with E-state index >= 15 is 0 Å². The SMILES string of the molecule is Cc1cccc(C)c1N(CC(=O)N(Cc1ccccc1F)[C@@H](C)C(=O)NC(C)(C)C)S(C)(=O)=O. The number of nitrogens with one attached hydrogen (secondary N) is 1. The van der Waals surface area contributed by atoms with Crippen molar-refractivity contribution in [3.8, 4) is 0 Å². The van der Waals surface area contributed by atoms with Crippen molar-refractivity contribution in [3.05, 3.63) is 65.0 Å². The first-order valence-electron chi connectivity index (χ1n) is 11.0. The zero-order chi connectivity index (χ0) is 25.8. The van der Waals surface area contributed by atoms with E-state index in [4.69, 9.17) is 0 Å². The fourth-order valence-corrected chi connectivity index (χ4v) is 4.61. The van der Waals surface area contributed by atoms with Crippen molar-refractivity contribution < 1.29 is 22.4 Å². The van der Waals surface area contributed by atoms with Gasteiger partial charge in [-0.3, -0.25) is 13.9 Å². The van der Waals surface area contributed by atoms with E-state index in [1.54, 1.807) is 45.0 Å². The van der Waals surface area contributed by atoms with Gasteiger partial charge in [-0.15, -0.1) is 0 Å². The standard InChI is InChI=1S/C25H34FN3O4S/c1-17-11-10-12-18(2)23(17)29(34(7,32)33)16-22(30)28(15-20-13-8-9-14-21(20)26)19(3)24(31)27-25(4,5)6/h8-14,19H,15-16H2,1-7H3,(H,27,31)/t19-/m0/s1. The van der Waals surface area contributed by atoms with Gasteiger partial charge < -0.3 is 10.2 Å². The highest BCUT2D eigenvalue weighted by atomic mass is 32.2. The number of anilines is 1. The Balaban J connectivity index is 2.48. The van der Waals surface area contributed by atoms with Gasteiger partial charge >= 0.3 is 0 Å². The topological polar surface area (TPSA) is 86.8 Å². The second kappa shape index (κ2) is 10.5. The molecule has 0 radical (unpaired) electrons. The van der Waals surface area contributed by atoms with Crippen LogP contribution in [0.25, 0.3) is 0 Å². The molecule has 0 aliphatic heterocycles. The van der Waals surface area contributed by atoms with Gasteiger partial charge in [-0.2, -0.15) is 0 Å². The van der Waals surface area contributed by atoms with Crippen LogP contribution < -0.4 is 9.62 Å². The smallest absolute Gasteiger partial charge is 0.244 e. The van der Waals surface area contributed by atoms with Crippen LogP contribution in [0.15, 0.2) is 42.5 Å². The van der Waals surface area contributed by atoms with Crippen molar-refractivity contribution in [3.63, 3.8) is 0 Å². The number of rotatable bonds is 8. The van der Waals surface area contributed by atoms with Crippen molar-refractivity contribution in [1.29, 1.82) is 0 Å². The molecule has 0 aliphatic rings. The molecule has 0 aromatic heterocycles. The average Bonchev–Trinajstić information content (AvgIpc) is 2.69. The van der Waals surface area contributed by atoms with E-state index in [1.165, 1.54) is 23.1 Å². The molecule has 0 bridgehead atoms. The number of sulfonamides is 1. The second-order valence-electron chi connectivity index (χ2n) is 9.54. The van der Waals surface area contributed by atoms with Gasteiger partial charge in [0.05, 0.1) is 11.9 Å². The minimum absolute atomic E-state index is 0.186. The van der Waals surface area contributed by atoms with Crippen molar-refractivity contribution in [2.24, 2.45) is 0 Å². The minimum atomic E-state index is -3.84. The molecule has 2 aromatic carbocycles. The zero-order valence-electron chi connectivity index (χ0n) is 20.8. The van der Waals surface area contributed by atoms with E-state index in [-0.39, 0.29) is 12.1 Å². The number of aryl methyl sites for hydroxylation is 2. The van der Waals surface area contributed by atoms with Crippen LogP contribution in [-0.2, 0) is 26.2 Å². The van der Waals surface area contributed by atoms with Crippen LogP contribution in [0.2, 0.25) is 0 Å². The van der Waals surface area contributed by atoms with Gasteiger partial charge in [-0.25, -0.2) is 12.8 Å². The highest BCUT2D eigenvalue weighted by molar-refractivity contribution is 7.92. The maximum Gasteiger partial charge on any atom is 0.244 e. The summed E-state index contributed by atoms with van der Waals surface area (Å²) in [6.07, 6.45) is 1.03. The molecule has 0 unspecified atom stereocenters. The minimum Gasteiger partial charge on any atom is -0.350 e. The summed E-state index contributed by atoms with van der Waals surface area (Å²) < 4.78 is 40.9. The molecular weight excluding hydrogens is 457 g/mol. The maximum atomic E-state index is 14.4. The van der Waals surface area contributed by atoms with E-state index in [0.717, 1.165) is 10.6 Å². The van der Waals surface area contributed by atoms with Crippen LogP contribution in [-0.4, -0.2) is 49.5 Å². The summed E-state index contributed by atoms with van der Waals surface area (Å²) >= 11 is 0. The number of hydrogen-bond donors (Lipinski definition) is 1. The van der Waals surface area contributed by atoms with Crippen LogP contribution in [0.4, 0.5) is 10.1 Å². The van der Waals surface area contributed by atoms with E-state index in [2.05, 4.69) is 5.32 Å². The Hall–Kier alpha value is -2.94. The number of carbonyl (C=O) groups is 2. The first-order valence-corrected chi connectivity index (χ1v) is 12.9. The Labute approximate surface area is 202 Å². The molecule has 1 N–H and O–H groups in total.